The predicted molar refractivity (Wildman–Crippen MR) is 100 cm³/mol. The van der Waals surface area contributed by atoms with Gasteiger partial charge < -0.3 is 14.0 Å². The summed E-state index contributed by atoms with van der Waals surface area (Å²) in [6.07, 6.45) is 3.59. The van der Waals surface area contributed by atoms with E-state index >= 15 is 0 Å². The van der Waals surface area contributed by atoms with Crippen LogP contribution in [0, 0.1) is 19.8 Å². The van der Waals surface area contributed by atoms with Gasteiger partial charge in [0.2, 0.25) is 0 Å². The molecule has 142 valence electrons. The number of rotatable bonds is 4. The summed E-state index contributed by atoms with van der Waals surface area (Å²) in [5.41, 5.74) is 3.61. The highest BCUT2D eigenvalue weighted by Crippen LogP contribution is 2.35. The van der Waals surface area contributed by atoms with Gasteiger partial charge in [0.25, 0.3) is 5.91 Å². The van der Waals surface area contributed by atoms with E-state index in [1.54, 1.807) is 10.9 Å². The lowest BCUT2D eigenvalue weighted by Crippen LogP contribution is -2.44. The summed E-state index contributed by atoms with van der Waals surface area (Å²) in [6.45, 7) is 10.2. The SMILES string of the molecule is Cc1onc(C(=O)N2CCn3c(C)ccc3[C@H]2C(C)C)c1Cn1cccn1. The van der Waals surface area contributed by atoms with Crippen molar-refractivity contribution in [2.24, 2.45) is 5.92 Å². The Morgan fingerprint density at radius 2 is 2.11 bits per heavy atom. The molecule has 0 aliphatic carbocycles. The van der Waals surface area contributed by atoms with Crippen molar-refractivity contribution in [2.45, 2.75) is 46.8 Å². The summed E-state index contributed by atoms with van der Waals surface area (Å²) < 4.78 is 9.47. The van der Waals surface area contributed by atoms with Crippen LogP contribution in [0.15, 0.2) is 35.1 Å². The summed E-state index contributed by atoms with van der Waals surface area (Å²) in [4.78, 5) is 15.4. The first-order valence-electron chi connectivity index (χ1n) is 9.37. The number of aryl methyl sites for hydroxylation is 2. The molecule has 4 rings (SSSR count). The van der Waals surface area contributed by atoms with Crippen LogP contribution in [0.5, 0.6) is 0 Å². The zero-order chi connectivity index (χ0) is 19.1. The molecule has 0 saturated heterocycles. The van der Waals surface area contributed by atoms with E-state index in [1.165, 1.54) is 11.4 Å². The van der Waals surface area contributed by atoms with E-state index in [1.807, 2.05) is 24.1 Å². The lowest BCUT2D eigenvalue weighted by Gasteiger charge is -2.39. The lowest BCUT2D eigenvalue weighted by molar-refractivity contribution is 0.0543. The first kappa shape index (κ1) is 17.6. The molecule has 3 aromatic heterocycles. The van der Waals surface area contributed by atoms with Gasteiger partial charge >= 0.3 is 0 Å². The Bertz CT molecular complexity index is 951. The van der Waals surface area contributed by atoms with E-state index in [-0.39, 0.29) is 11.9 Å². The average molecular weight is 367 g/mol. The van der Waals surface area contributed by atoms with Crippen LogP contribution in [0.1, 0.15) is 53.1 Å². The van der Waals surface area contributed by atoms with Gasteiger partial charge in [0.1, 0.15) is 5.76 Å². The molecule has 7 nitrogen and oxygen atoms in total. The maximum Gasteiger partial charge on any atom is 0.277 e. The van der Waals surface area contributed by atoms with Crippen molar-refractivity contribution < 1.29 is 9.32 Å². The van der Waals surface area contributed by atoms with Crippen molar-refractivity contribution >= 4 is 5.91 Å². The number of aromatic nitrogens is 4. The minimum absolute atomic E-state index is 0.0227. The fraction of sp³-hybridized carbons (Fsp3) is 0.450. The van der Waals surface area contributed by atoms with Gasteiger partial charge in [-0.1, -0.05) is 19.0 Å². The van der Waals surface area contributed by atoms with E-state index in [0.717, 1.165) is 12.1 Å². The maximum absolute atomic E-state index is 13.5. The first-order valence-corrected chi connectivity index (χ1v) is 9.37. The Morgan fingerprint density at radius 3 is 2.81 bits per heavy atom. The Kier molecular flexibility index (Phi) is 4.37. The van der Waals surface area contributed by atoms with Crippen molar-refractivity contribution in [1.29, 1.82) is 0 Å². The van der Waals surface area contributed by atoms with Crippen molar-refractivity contribution in [3.05, 3.63) is 59.0 Å². The highest BCUT2D eigenvalue weighted by atomic mass is 16.5. The molecule has 1 amide bonds. The molecule has 0 bridgehead atoms. The molecule has 0 N–H and O–H groups in total. The van der Waals surface area contributed by atoms with Crippen LogP contribution >= 0.6 is 0 Å². The van der Waals surface area contributed by atoms with Gasteiger partial charge in [-0.25, -0.2) is 0 Å². The third-order valence-electron chi connectivity index (χ3n) is 5.39. The monoisotopic (exact) mass is 367 g/mol. The molecule has 0 unspecified atom stereocenters. The maximum atomic E-state index is 13.5. The molecule has 0 aromatic carbocycles. The van der Waals surface area contributed by atoms with Crippen LogP contribution in [0.4, 0.5) is 0 Å². The van der Waals surface area contributed by atoms with Crippen LogP contribution in [0.3, 0.4) is 0 Å². The number of hydrogen-bond donors (Lipinski definition) is 0. The largest absolute Gasteiger partial charge is 0.361 e. The minimum atomic E-state index is -0.0715. The van der Waals surface area contributed by atoms with E-state index in [0.29, 0.717) is 30.5 Å². The van der Waals surface area contributed by atoms with Gasteiger partial charge in [0, 0.05) is 42.4 Å². The molecule has 1 atom stereocenters. The van der Waals surface area contributed by atoms with E-state index in [2.05, 4.69) is 47.7 Å². The fourth-order valence-corrected chi connectivity index (χ4v) is 4.03. The molecule has 1 aliphatic heterocycles. The van der Waals surface area contributed by atoms with Crippen molar-refractivity contribution in [2.75, 3.05) is 6.54 Å². The summed E-state index contributed by atoms with van der Waals surface area (Å²) in [5, 5.41) is 8.35. The third kappa shape index (κ3) is 2.97. The Labute approximate surface area is 158 Å². The number of nitrogens with zero attached hydrogens (tertiary/aromatic N) is 5. The number of fused-ring (bicyclic) bond motifs is 1. The van der Waals surface area contributed by atoms with Crippen LogP contribution < -0.4 is 0 Å². The number of hydrogen-bond acceptors (Lipinski definition) is 4. The fourth-order valence-electron chi connectivity index (χ4n) is 4.03. The van der Waals surface area contributed by atoms with Gasteiger partial charge in [0.15, 0.2) is 5.69 Å². The summed E-state index contributed by atoms with van der Waals surface area (Å²) in [7, 11) is 0. The zero-order valence-corrected chi connectivity index (χ0v) is 16.2. The molecule has 0 spiro atoms. The van der Waals surface area contributed by atoms with Crippen molar-refractivity contribution in [1.82, 2.24) is 24.4 Å². The Balaban J connectivity index is 1.69. The van der Waals surface area contributed by atoms with E-state index in [4.69, 9.17) is 4.52 Å². The highest BCUT2D eigenvalue weighted by Gasteiger charge is 2.36. The first-order chi connectivity index (χ1) is 13.0. The molecule has 1 aliphatic rings. The van der Waals surface area contributed by atoms with Gasteiger partial charge in [0.05, 0.1) is 12.6 Å². The summed E-state index contributed by atoms with van der Waals surface area (Å²) in [5.74, 6) is 0.883. The van der Waals surface area contributed by atoms with E-state index in [9.17, 15) is 4.79 Å². The second-order valence-corrected chi connectivity index (χ2v) is 7.51. The standard InChI is InChI=1S/C20H25N5O2/c1-13(2)19-17-7-6-14(3)24(17)10-11-25(19)20(26)18-16(15(4)27-22-18)12-23-9-5-8-21-23/h5-9,13,19H,10-12H2,1-4H3/t19-/m1/s1. The zero-order valence-electron chi connectivity index (χ0n) is 16.2. The Hall–Kier alpha value is -2.83. The van der Waals surface area contributed by atoms with Gasteiger partial charge in [-0.3, -0.25) is 9.48 Å². The third-order valence-corrected chi connectivity index (χ3v) is 5.39. The minimum Gasteiger partial charge on any atom is -0.361 e. The number of amides is 1. The molecular weight excluding hydrogens is 342 g/mol. The predicted octanol–water partition coefficient (Wildman–Crippen LogP) is 3.19. The molecule has 0 radical (unpaired) electrons. The van der Waals surface area contributed by atoms with Gasteiger partial charge in [-0.05, 0) is 38.0 Å². The quantitative estimate of drug-likeness (QED) is 0.710. The summed E-state index contributed by atoms with van der Waals surface area (Å²) in [6, 6.07) is 6.15. The lowest BCUT2D eigenvalue weighted by atomic mass is 9.96. The molecule has 3 aromatic rings. The highest BCUT2D eigenvalue weighted by molar-refractivity contribution is 5.94. The summed E-state index contributed by atoms with van der Waals surface area (Å²) >= 11 is 0. The molecule has 0 saturated carbocycles. The van der Waals surface area contributed by atoms with Crippen molar-refractivity contribution in [3.8, 4) is 0 Å². The number of carbonyl (C=O) groups is 1. The smallest absolute Gasteiger partial charge is 0.277 e. The molecule has 27 heavy (non-hydrogen) atoms. The second-order valence-electron chi connectivity index (χ2n) is 7.51. The van der Waals surface area contributed by atoms with Crippen LogP contribution in [0.25, 0.3) is 0 Å². The van der Waals surface area contributed by atoms with Crippen LogP contribution in [-0.2, 0) is 13.1 Å². The molecule has 4 heterocycles. The van der Waals surface area contributed by atoms with Crippen LogP contribution in [-0.4, -0.2) is 36.9 Å². The molecule has 7 heteroatoms. The van der Waals surface area contributed by atoms with Gasteiger partial charge in [-0.15, -0.1) is 0 Å². The topological polar surface area (TPSA) is 69.1 Å². The molecular formula is C20H25N5O2. The van der Waals surface area contributed by atoms with Crippen molar-refractivity contribution in [3.63, 3.8) is 0 Å². The molecule has 0 fully saturated rings. The average Bonchev–Trinajstić information content (AvgIpc) is 3.37. The van der Waals surface area contributed by atoms with Crippen LogP contribution in [0.2, 0.25) is 0 Å². The Morgan fingerprint density at radius 1 is 1.30 bits per heavy atom. The van der Waals surface area contributed by atoms with E-state index < -0.39 is 0 Å². The normalized spacial score (nSPS) is 16.8. The van der Waals surface area contributed by atoms with Gasteiger partial charge in [-0.2, -0.15) is 5.10 Å². The number of carbonyl (C=O) groups excluding carboxylic acids is 1. The second kappa shape index (κ2) is 6.72.